The van der Waals surface area contributed by atoms with Gasteiger partial charge in [0.1, 0.15) is 11.5 Å². The summed E-state index contributed by atoms with van der Waals surface area (Å²) in [6.45, 7) is 2.67. The van der Waals surface area contributed by atoms with Crippen LogP contribution in [0.1, 0.15) is 11.4 Å². The highest BCUT2D eigenvalue weighted by Crippen LogP contribution is 2.23. The molecule has 0 saturated heterocycles. The number of hydrogen-bond donors (Lipinski definition) is 0. The van der Waals surface area contributed by atoms with Crippen LogP contribution in [0.4, 0.5) is 0 Å². The van der Waals surface area contributed by atoms with Crippen LogP contribution in [0.2, 0.25) is 0 Å². The van der Waals surface area contributed by atoms with Gasteiger partial charge in [0, 0.05) is 12.7 Å². The van der Waals surface area contributed by atoms with Gasteiger partial charge in [0.05, 0.1) is 12.5 Å². The topological polar surface area (TPSA) is 39.9 Å². The molecule has 0 radical (unpaired) electrons. The molecule has 19 heavy (non-hydrogen) atoms. The Morgan fingerprint density at radius 1 is 1.11 bits per heavy atom. The third kappa shape index (κ3) is 2.17. The largest absolute Gasteiger partial charge is 0.480 e. The normalized spacial score (nSPS) is 10.8. The van der Waals surface area contributed by atoms with Crippen molar-refractivity contribution in [3.05, 3.63) is 54.0 Å². The second kappa shape index (κ2) is 4.72. The molecule has 0 amide bonds. The molecule has 0 saturated carbocycles. The van der Waals surface area contributed by atoms with Gasteiger partial charge < -0.3 is 9.30 Å². The smallest absolute Gasteiger partial charge is 0.226 e. The van der Waals surface area contributed by atoms with Crippen LogP contribution in [0.25, 0.3) is 11.0 Å². The predicted octanol–water partition coefficient (Wildman–Crippen LogP) is 2.80. The van der Waals surface area contributed by atoms with Crippen molar-refractivity contribution in [2.75, 3.05) is 7.11 Å². The van der Waals surface area contributed by atoms with E-state index in [0.29, 0.717) is 5.88 Å². The summed E-state index contributed by atoms with van der Waals surface area (Å²) in [6, 6.07) is 12.3. The third-order valence-electron chi connectivity index (χ3n) is 3.08. The Morgan fingerprint density at radius 2 is 1.89 bits per heavy atom. The summed E-state index contributed by atoms with van der Waals surface area (Å²) < 4.78 is 7.42. The number of nitrogens with zero attached hydrogens (tertiary/aromatic N) is 3. The fourth-order valence-corrected chi connectivity index (χ4v) is 2.20. The van der Waals surface area contributed by atoms with Gasteiger partial charge in [-0.2, -0.15) is 4.98 Å². The fourth-order valence-electron chi connectivity index (χ4n) is 2.20. The number of methoxy groups -OCH3 is 1. The van der Waals surface area contributed by atoms with Crippen molar-refractivity contribution in [3.8, 4) is 5.88 Å². The Bertz CT molecular complexity index is 704. The summed E-state index contributed by atoms with van der Waals surface area (Å²) >= 11 is 0. The first-order valence-electron chi connectivity index (χ1n) is 6.19. The molecule has 2 aromatic heterocycles. The van der Waals surface area contributed by atoms with E-state index in [1.165, 1.54) is 5.56 Å². The maximum absolute atomic E-state index is 5.31. The molecule has 3 aromatic rings. The Labute approximate surface area is 111 Å². The molecule has 0 aliphatic heterocycles. The summed E-state index contributed by atoms with van der Waals surface area (Å²) in [5.41, 5.74) is 2.16. The highest BCUT2D eigenvalue weighted by atomic mass is 16.5. The van der Waals surface area contributed by atoms with E-state index in [1.807, 2.05) is 37.4 Å². The van der Waals surface area contributed by atoms with Crippen LogP contribution >= 0.6 is 0 Å². The molecule has 0 unspecified atom stereocenters. The highest BCUT2D eigenvalue weighted by molar-refractivity contribution is 5.81. The van der Waals surface area contributed by atoms with Crippen molar-refractivity contribution in [2.45, 2.75) is 13.5 Å². The van der Waals surface area contributed by atoms with Gasteiger partial charge in [-0.25, -0.2) is 4.98 Å². The van der Waals surface area contributed by atoms with Crippen molar-refractivity contribution in [1.29, 1.82) is 0 Å². The van der Waals surface area contributed by atoms with Gasteiger partial charge in [-0.3, -0.25) is 0 Å². The van der Waals surface area contributed by atoms with Gasteiger partial charge in [0.25, 0.3) is 0 Å². The quantitative estimate of drug-likeness (QED) is 0.720. The molecular weight excluding hydrogens is 238 g/mol. The number of hydrogen-bond acceptors (Lipinski definition) is 3. The van der Waals surface area contributed by atoms with Crippen LogP contribution < -0.4 is 4.74 Å². The molecule has 4 nitrogen and oxygen atoms in total. The van der Waals surface area contributed by atoms with Crippen LogP contribution in [-0.2, 0) is 6.54 Å². The van der Waals surface area contributed by atoms with Gasteiger partial charge in [0.15, 0.2) is 0 Å². The lowest BCUT2D eigenvalue weighted by Crippen LogP contribution is -2.01. The zero-order valence-electron chi connectivity index (χ0n) is 11.0. The molecule has 3 rings (SSSR count). The molecule has 0 aliphatic carbocycles. The van der Waals surface area contributed by atoms with Gasteiger partial charge in [0.2, 0.25) is 5.88 Å². The molecule has 4 heteroatoms. The first-order chi connectivity index (χ1) is 9.28. The zero-order chi connectivity index (χ0) is 13.2. The molecule has 1 aromatic carbocycles. The van der Waals surface area contributed by atoms with E-state index in [2.05, 4.69) is 26.7 Å². The molecule has 0 N–H and O–H groups in total. The number of aryl methyl sites for hydroxylation is 1. The van der Waals surface area contributed by atoms with Crippen molar-refractivity contribution < 1.29 is 4.74 Å². The summed E-state index contributed by atoms with van der Waals surface area (Å²) in [5, 5.41) is 0.948. The van der Waals surface area contributed by atoms with Crippen molar-refractivity contribution in [3.63, 3.8) is 0 Å². The second-order valence-electron chi connectivity index (χ2n) is 4.45. The number of rotatable bonds is 3. The van der Waals surface area contributed by atoms with Gasteiger partial charge >= 0.3 is 0 Å². The average Bonchev–Trinajstić information content (AvgIpc) is 2.82. The average molecular weight is 253 g/mol. The summed E-state index contributed by atoms with van der Waals surface area (Å²) in [7, 11) is 1.63. The van der Waals surface area contributed by atoms with E-state index in [4.69, 9.17) is 4.74 Å². The number of fused-ring (bicyclic) bond motifs is 1. The van der Waals surface area contributed by atoms with E-state index in [9.17, 15) is 0 Å². The number of benzene rings is 1. The summed E-state index contributed by atoms with van der Waals surface area (Å²) in [6.07, 6.45) is 2.02. The van der Waals surface area contributed by atoms with E-state index in [1.54, 1.807) is 7.11 Å². The Hall–Kier alpha value is -2.36. The molecule has 0 atom stereocenters. The van der Waals surface area contributed by atoms with Crippen LogP contribution in [0.3, 0.4) is 0 Å². The monoisotopic (exact) mass is 253 g/mol. The van der Waals surface area contributed by atoms with Gasteiger partial charge in [-0.05, 0) is 18.6 Å². The van der Waals surface area contributed by atoms with E-state index in [-0.39, 0.29) is 0 Å². The molecule has 0 spiro atoms. The van der Waals surface area contributed by atoms with Crippen molar-refractivity contribution in [2.24, 2.45) is 0 Å². The first kappa shape index (κ1) is 11.7. The molecule has 0 bridgehead atoms. The lowest BCUT2D eigenvalue weighted by molar-refractivity contribution is 0.401. The SMILES string of the molecule is COc1nc(C)nc2c1ccn2Cc1ccccc1. The van der Waals surface area contributed by atoms with E-state index < -0.39 is 0 Å². The molecule has 0 fully saturated rings. The third-order valence-corrected chi connectivity index (χ3v) is 3.08. The van der Waals surface area contributed by atoms with Crippen LogP contribution in [-0.4, -0.2) is 21.6 Å². The Morgan fingerprint density at radius 3 is 2.63 bits per heavy atom. The zero-order valence-corrected chi connectivity index (χ0v) is 11.0. The first-order valence-corrected chi connectivity index (χ1v) is 6.19. The number of ether oxygens (including phenoxy) is 1. The van der Waals surface area contributed by atoms with Crippen molar-refractivity contribution >= 4 is 11.0 Å². The van der Waals surface area contributed by atoms with Crippen molar-refractivity contribution in [1.82, 2.24) is 14.5 Å². The second-order valence-corrected chi connectivity index (χ2v) is 4.45. The maximum atomic E-state index is 5.31. The fraction of sp³-hybridized carbons (Fsp3) is 0.200. The van der Waals surface area contributed by atoms with Crippen LogP contribution in [0, 0.1) is 6.92 Å². The van der Waals surface area contributed by atoms with E-state index >= 15 is 0 Å². The minimum absolute atomic E-state index is 0.634. The van der Waals surface area contributed by atoms with Gasteiger partial charge in [-0.1, -0.05) is 30.3 Å². The minimum atomic E-state index is 0.634. The Kier molecular flexibility index (Phi) is 2.91. The lowest BCUT2D eigenvalue weighted by Gasteiger charge is -2.06. The summed E-state index contributed by atoms with van der Waals surface area (Å²) in [5.74, 6) is 1.35. The molecular formula is C15H15N3O. The van der Waals surface area contributed by atoms with E-state index in [0.717, 1.165) is 23.4 Å². The number of aromatic nitrogens is 3. The van der Waals surface area contributed by atoms with Gasteiger partial charge in [-0.15, -0.1) is 0 Å². The van der Waals surface area contributed by atoms with Crippen LogP contribution in [0.5, 0.6) is 5.88 Å². The molecule has 2 heterocycles. The van der Waals surface area contributed by atoms with Crippen LogP contribution in [0.15, 0.2) is 42.6 Å². The summed E-state index contributed by atoms with van der Waals surface area (Å²) in [4.78, 5) is 8.81. The predicted molar refractivity (Wildman–Crippen MR) is 74.4 cm³/mol. The minimum Gasteiger partial charge on any atom is -0.480 e. The molecule has 96 valence electrons. The lowest BCUT2D eigenvalue weighted by atomic mass is 10.2. The molecule has 0 aliphatic rings. The standard InChI is InChI=1S/C15H15N3O/c1-11-16-14-13(15(17-11)19-2)8-9-18(14)10-12-6-4-3-5-7-12/h3-9H,10H2,1-2H3. The Balaban J connectivity index is 2.08. The highest BCUT2D eigenvalue weighted by Gasteiger charge is 2.10. The maximum Gasteiger partial charge on any atom is 0.226 e.